The van der Waals surface area contributed by atoms with Crippen molar-refractivity contribution in [2.24, 2.45) is 0 Å². The van der Waals surface area contributed by atoms with Crippen molar-refractivity contribution in [1.82, 2.24) is 0 Å². The summed E-state index contributed by atoms with van der Waals surface area (Å²) in [6, 6.07) is 5.85. The smallest absolute Gasteiger partial charge is 0.310 e. The Balaban J connectivity index is 3.14. The molecule has 4 heteroatoms. The van der Waals surface area contributed by atoms with E-state index in [1.54, 1.807) is 0 Å². The summed E-state index contributed by atoms with van der Waals surface area (Å²) in [5.74, 6) is -0.323. The molecule has 84 valence electrons. The Morgan fingerprint density at radius 2 is 2.19 bits per heavy atom. The maximum Gasteiger partial charge on any atom is 0.310 e. The maximum atomic E-state index is 11.2. The van der Waals surface area contributed by atoms with Gasteiger partial charge >= 0.3 is 5.97 Å². The summed E-state index contributed by atoms with van der Waals surface area (Å²) < 4.78 is 5.68. The van der Waals surface area contributed by atoms with Crippen molar-refractivity contribution < 1.29 is 9.53 Å². The van der Waals surface area contributed by atoms with Crippen LogP contribution in [-0.4, -0.2) is 13.1 Å². The number of esters is 1. The maximum absolute atomic E-state index is 11.2. The van der Waals surface area contributed by atoms with E-state index in [4.69, 9.17) is 5.26 Å². The van der Waals surface area contributed by atoms with Gasteiger partial charge in [-0.3, -0.25) is 4.79 Å². The molecule has 3 nitrogen and oxygen atoms in total. The molecule has 0 fully saturated rings. The Labute approximate surface area is 109 Å². The number of methoxy groups -OCH3 is 1. The number of hydrogen-bond donors (Lipinski definition) is 0. The molecule has 0 unspecified atom stereocenters. The predicted molar refractivity (Wildman–Crippen MR) is 69.0 cm³/mol. The van der Waals surface area contributed by atoms with Crippen LogP contribution in [0.1, 0.15) is 23.6 Å². The van der Waals surface area contributed by atoms with Crippen LogP contribution in [0.5, 0.6) is 0 Å². The first-order chi connectivity index (χ1) is 7.62. The first-order valence-electron chi connectivity index (χ1n) is 4.90. The first kappa shape index (κ1) is 13.0. The molecule has 0 aromatic heterocycles. The van der Waals surface area contributed by atoms with E-state index in [0.717, 1.165) is 21.1 Å². The van der Waals surface area contributed by atoms with E-state index < -0.39 is 0 Å². The number of rotatable bonds is 3. The molecule has 0 aliphatic carbocycles. The highest BCUT2D eigenvalue weighted by Gasteiger charge is 2.11. The molecule has 0 aliphatic heterocycles. The molecule has 1 aromatic carbocycles. The Hall–Kier alpha value is -1.09. The van der Waals surface area contributed by atoms with Crippen molar-refractivity contribution >= 4 is 28.6 Å². The van der Waals surface area contributed by atoms with E-state index >= 15 is 0 Å². The van der Waals surface area contributed by atoms with Crippen LogP contribution in [0.4, 0.5) is 0 Å². The second-order valence-electron chi connectivity index (χ2n) is 3.32. The fourth-order valence-electron chi connectivity index (χ4n) is 1.41. The van der Waals surface area contributed by atoms with Crippen LogP contribution in [0.3, 0.4) is 0 Å². The number of hydrogen-bond acceptors (Lipinski definition) is 3. The normalized spacial score (nSPS) is 9.62. The molecule has 0 heterocycles. The molecule has 0 aliphatic rings. The number of aryl methyl sites for hydroxylation is 1. The van der Waals surface area contributed by atoms with Crippen LogP contribution < -0.4 is 0 Å². The van der Waals surface area contributed by atoms with Gasteiger partial charge in [-0.25, -0.2) is 0 Å². The molecule has 0 atom stereocenters. The Kier molecular flexibility index (Phi) is 4.74. The number of benzene rings is 1. The summed E-state index contributed by atoms with van der Waals surface area (Å²) in [6.07, 6.45) is 1.03. The SMILES string of the molecule is CCc1cc(C#N)c(CC(=O)OC)cc1I. The van der Waals surface area contributed by atoms with Crippen molar-refractivity contribution in [2.45, 2.75) is 19.8 Å². The third-order valence-corrected chi connectivity index (χ3v) is 3.34. The largest absolute Gasteiger partial charge is 0.469 e. The van der Waals surface area contributed by atoms with E-state index in [2.05, 4.69) is 33.4 Å². The van der Waals surface area contributed by atoms with Gasteiger partial charge in [-0.2, -0.15) is 5.26 Å². The van der Waals surface area contributed by atoms with Crippen molar-refractivity contribution in [3.8, 4) is 6.07 Å². The predicted octanol–water partition coefficient (Wildman–Crippen LogP) is 2.44. The Bertz CT molecular complexity index is 449. The molecule has 16 heavy (non-hydrogen) atoms. The van der Waals surface area contributed by atoms with E-state index in [9.17, 15) is 4.79 Å². The summed E-state index contributed by atoms with van der Waals surface area (Å²) in [6.45, 7) is 2.04. The molecule has 1 aromatic rings. The minimum Gasteiger partial charge on any atom is -0.469 e. The lowest BCUT2D eigenvalue weighted by Gasteiger charge is -2.07. The van der Waals surface area contributed by atoms with Gasteiger partial charge in [0.05, 0.1) is 25.2 Å². The lowest BCUT2D eigenvalue weighted by atomic mass is 10.0. The molecular formula is C12H12INO2. The zero-order valence-electron chi connectivity index (χ0n) is 9.21. The molecule has 0 bridgehead atoms. The lowest BCUT2D eigenvalue weighted by Crippen LogP contribution is -2.07. The fraction of sp³-hybridized carbons (Fsp3) is 0.333. The van der Waals surface area contributed by atoms with E-state index in [-0.39, 0.29) is 12.4 Å². The van der Waals surface area contributed by atoms with Gasteiger partial charge in [0.25, 0.3) is 0 Å². The topological polar surface area (TPSA) is 50.1 Å². The minimum atomic E-state index is -0.323. The van der Waals surface area contributed by atoms with Crippen LogP contribution in [0.25, 0.3) is 0 Å². The van der Waals surface area contributed by atoms with E-state index in [1.165, 1.54) is 7.11 Å². The van der Waals surface area contributed by atoms with Crippen LogP contribution in [0, 0.1) is 14.9 Å². The fourth-order valence-corrected chi connectivity index (χ4v) is 2.32. The van der Waals surface area contributed by atoms with Crippen LogP contribution >= 0.6 is 22.6 Å². The van der Waals surface area contributed by atoms with Gasteiger partial charge in [0.15, 0.2) is 0 Å². The monoisotopic (exact) mass is 329 g/mol. The van der Waals surface area contributed by atoms with Crippen LogP contribution in [0.2, 0.25) is 0 Å². The number of ether oxygens (including phenoxy) is 1. The second kappa shape index (κ2) is 5.85. The number of nitrogens with zero attached hydrogens (tertiary/aromatic N) is 1. The summed E-state index contributed by atoms with van der Waals surface area (Å²) >= 11 is 2.22. The van der Waals surface area contributed by atoms with Gasteiger partial charge < -0.3 is 4.74 Å². The number of nitriles is 1. The molecule has 0 saturated carbocycles. The number of carbonyl (C=O) groups is 1. The van der Waals surface area contributed by atoms with Gasteiger partial charge in [0.2, 0.25) is 0 Å². The zero-order valence-corrected chi connectivity index (χ0v) is 11.4. The number of halogens is 1. The van der Waals surface area contributed by atoms with Crippen molar-refractivity contribution in [3.05, 3.63) is 32.4 Å². The molecule has 0 N–H and O–H groups in total. The first-order valence-corrected chi connectivity index (χ1v) is 5.98. The molecule has 0 saturated heterocycles. The average Bonchev–Trinajstić information content (AvgIpc) is 2.29. The van der Waals surface area contributed by atoms with Crippen molar-refractivity contribution in [3.63, 3.8) is 0 Å². The highest BCUT2D eigenvalue weighted by molar-refractivity contribution is 14.1. The molecule has 0 spiro atoms. The zero-order chi connectivity index (χ0) is 12.1. The quantitative estimate of drug-likeness (QED) is 0.632. The Morgan fingerprint density at radius 1 is 1.50 bits per heavy atom. The third kappa shape index (κ3) is 2.95. The summed E-state index contributed by atoms with van der Waals surface area (Å²) in [4.78, 5) is 11.2. The highest BCUT2D eigenvalue weighted by Crippen LogP contribution is 2.20. The number of carbonyl (C=O) groups excluding carboxylic acids is 1. The van der Waals surface area contributed by atoms with Crippen LogP contribution in [-0.2, 0) is 22.4 Å². The van der Waals surface area contributed by atoms with Crippen LogP contribution in [0.15, 0.2) is 12.1 Å². The van der Waals surface area contributed by atoms with Gasteiger partial charge in [-0.1, -0.05) is 6.92 Å². The summed E-state index contributed by atoms with van der Waals surface area (Å²) in [5, 5.41) is 9.01. The highest BCUT2D eigenvalue weighted by atomic mass is 127. The lowest BCUT2D eigenvalue weighted by molar-refractivity contribution is -0.139. The van der Waals surface area contributed by atoms with Crippen molar-refractivity contribution in [1.29, 1.82) is 5.26 Å². The van der Waals surface area contributed by atoms with Gasteiger partial charge in [0, 0.05) is 3.57 Å². The van der Waals surface area contributed by atoms with E-state index in [1.807, 2.05) is 19.1 Å². The van der Waals surface area contributed by atoms with Gasteiger partial charge in [0.1, 0.15) is 0 Å². The molecule has 0 radical (unpaired) electrons. The van der Waals surface area contributed by atoms with Gasteiger partial charge in [-0.05, 0) is 52.3 Å². The van der Waals surface area contributed by atoms with Crippen molar-refractivity contribution in [2.75, 3.05) is 7.11 Å². The third-order valence-electron chi connectivity index (χ3n) is 2.34. The molecule has 1 rings (SSSR count). The van der Waals surface area contributed by atoms with E-state index in [0.29, 0.717) is 5.56 Å². The summed E-state index contributed by atoms with van der Waals surface area (Å²) in [5.41, 5.74) is 2.42. The Morgan fingerprint density at radius 3 is 2.69 bits per heavy atom. The second-order valence-corrected chi connectivity index (χ2v) is 4.48. The molecular weight excluding hydrogens is 317 g/mol. The molecule has 0 amide bonds. The average molecular weight is 329 g/mol. The minimum absolute atomic E-state index is 0.152. The summed E-state index contributed by atoms with van der Waals surface area (Å²) in [7, 11) is 1.35. The standard InChI is InChI=1S/C12H12INO2/c1-3-8-4-10(7-14)9(5-11(8)13)6-12(15)16-2/h4-5H,3,6H2,1-2H3. The van der Waals surface area contributed by atoms with Gasteiger partial charge in [-0.15, -0.1) is 0 Å².